The SMILES string of the molecule is CCS(=O)(=O)NC[C@@H](C)NCc1nccn1C(C)C. The first kappa shape index (κ1) is 16.1. The molecule has 0 fully saturated rings. The molecule has 2 N–H and O–H groups in total. The van der Waals surface area contributed by atoms with Gasteiger partial charge in [0.05, 0.1) is 12.3 Å². The lowest BCUT2D eigenvalue weighted by molar-refractivity contribution is 0.490. The van der Waals surface area contributed by atoms with Crippen molar-refractivity contribution in [2.24, 2.45) is 0 Å². The molecule has 6 nitrogen and oxygen atoms in total. The summed E-state index contributed by atoms with van der Waals surface area (Å²) in [5.74, 6) is 1.07. The summed E-state index contributed by atoms with van der Waals surface area (Å²) in [7, 11) is -3.12. The maximum Gasteiger partial charge on any atom is 0.211 e. The molecule has 19 heavy (non-hydrogen) atoms. The standard InChI is InChI=1S/C12H24N4O2S/c1-5-19(17,18)15-8-11(4)14-9-12-13-6-7-16(12)10(2)3/h6-7,10-11,14-15H,5,8-9H2,1-4H3/t11-/m1/s1. The van der Waals surface area contributed by atoms with Gasteiger partial charge in [-0.3, -0.25) is 0 Å². The van der Waals surface area contributed by atoms with Crippen LogP contribution in [0.4, 0.5) is 0 Å². The zero-order chi connectivity index (χ0) is 14.5. The first-order valence-electron chi connectivity index (χ1n) is 6.58. The molecular formula is C12H24N4O2S. The fraction of sp³-hybridized carbons (Fsp3) is 0.750. The number of rotatable bonds is 8. The van der Waals surface area contributed by atoms with Crippen molar-refractivity contribution in [3.05, 3.63) is 18.2 Å². The number of aromatic nitrogens is 2. The van der Waals surface area contributed by atoms with Gasteiger partial charge in [-0.1, -0.05) is 0 Å². The minimum atomic E-state index is -3.12. The van der Waals surface area contributed by atoms with E-state index in [0.717, 1.165) is 5.82 Å². The Morgan fingerprint density at radius 3 is 2.63 bits per heavy atom. The topological polar surface area (TPSA) is 76.0 Å². The lowest BCUT2D eigenvalue weighted by Gasteiger charge is -2.16. The smallest absolute Gasteiger partial charge is 0.211 e. The van der Waals surface area contributed by atoms with Crippen LogP contribution in [0.5, 0.6) is 0 Å². The molecule has 1 aromatic heterocycles. The normalized spacial score (nSPS) is 13.9. The second-order valence-electron chi connectivity index (χ2n) is 4.88. The third-order valence-corrected chi connectivity index (χ3v) is 4.27. The fourth-order valence-corrected chi connectivity index (χ4v) is 2.35. The molecule has 1 aromatic rings. The summed E-state index contributed by atoms with van der Waals surface area (Å²) in [4.78, 5) is 4.30. The number of sulfonamides is 1. The van der Waals surface area contributed by atoms with E-state index in [0.29, 0.717) is 19.1 Å². The van der Waals surface area contributed by atoms with Gasteiger partial charge in [-0.15, -0.1) is 0 Å². The second kappa shape index (κ2) is 7.02. The average molecular weight is 288 g/mol. The minimum Gasteiger partial charge on any atom is -0.331 e. The van der Waals surface area contributed by atoms with Gasteiger partial charge in [0.2, 0.25) is 10.0 Å². The zero-order valence-corrected chi connectivity index (χ0v) is 12.9. The Morgan fingerprint density at radius 2 is 2.05 bits per heavy atom. The van der Waals surface area contributed by atoms with Gasteiger partial charge in [-0.05, 0) is 27.7 Å². The minimum absolute atomic E-state index is 0.0543. The van der Waals surface area contributed by atoms with E-state index in [1.165, 1.54) is 0 Å². The predicted molar refractivity (Wildman–Crippen MR) is 76.4 cm³/mol. The molecule has 0 saturated carbocycles. The molecule has 0 aliphatic carbocycles. The van der Waals surface area contributed by atoms with Crippen LogP contribution in [0.2, 0.25) is 0 Å². The summed E-state index contributed by atoms with van der Waals surface area (Å²) < 4.78 is 27.3. The van der Waals surface area contributed by atoms with Crippen LogP contribution in [-0.4, -0.2) is 36.3 Å². The van der Waals surface area contributed by atoms with Crippen molar-refractivity contribution in [1.29, 1.82) is 0 Å². The van der Waals surface area contributed by atoms with E-state index in [2.05, 4.69) is 33.4 Å². The molecule has 110 valence electrons. The predicted octanol–water partition coefficient (Wildman–Crippen LogP) is 0.881. The van der Waals surface area contributed by atoms with E-state index in [4.69, 9.17) is 0 Å². The highest BCUT2D eigenvalue weighted by atomic mass is 32.2. The highest BCUT2D eigenvalue weighted by Crippen LogP contribution is 2.07. The summed E-state index contributed by atoms with van der Waals surface area (Å²) in [6.45, 7) is 8.79. The third kappa shape index (κ3) is 5.30. The molecule has 1 rings (SSSR count). The summed E-state index contributed by atoms with van der Waals surface area (Å²) in [6, 6.07) is 0.423. The molecule has 7 heteroatoms. The van der Waals surface area contributed by atoms with Crippen LogP contribution >= 0.6 is 0 Å². The van der Waals surface area contributed by atoms with Gasteiger partial charge >= 0.3 is 0 Å². The van der Waals surface area contributed by atoms with Crippen molar-refractivity contribution in [2.75, 3.05) is 12.3 Å². The van der Waals surface area contributed by atoms with Crippen LogP contribution in [-0.2, 0) is 16.6 Å². The molecule has 0 unspecified atom stereocenters. The number of hydrogen-bond acceptors (Lipinski definition) is 4. The van der Waals surface area contributed by atoms with Crippen molar-refractivity contribution >= 4 is 10.0 Å². The Morgan fingerprint density at radius 1 is 1.37 bits per heavy atom. The summed E-state index contributed by atoms with van der Waals surface area (Å²) in [6.07, 6.45) is 3.73. The molecule has 0 spiro atoms. The van der Waals surface area contributed by atoms with Crippen molar-refractivity contribution < 1.29 is 8.42 Å². The molecule has 0 bridgehead atoms. The van der Waals surface area contributed by atoms with Crippen molar-refractivity contribution in [1.82, 2.24) is 19.6 Å². The maximum absolute atomic E-state index is 11.3. The van der Waals surface area contributed by atoms with Gasteiger partial charge in [0.15, 0.2) is 0 Å². The summed E-state index contributed by atoms with van der Waals surface area (Å²) in [5.41, 5.74) is 0. The van der Waals surface area contributed by atoms with E-state index in [9.17, 15) is 8.42 Å². The highest BCUT2D eigenvalue weighted by Gasteiger charge is 2.11. The summed E-state index contributed by atoms with van der Waals surface area (Å²) >= 11 is 0. The first-order valence-corrected chi connectivity index (χ1v) is 8.23. The van der Waals surface area contributed by atoms with Gasteiger partial charge < -0.3 is 9.88 Å². The number of nitrogens with one attached hydrogen (secondary N) is 2. The third-order valence-electron chi connectivity index (χ3n) is 2.90. The molecule has 0 amide bonds. The number of imidazole rings is 1. The molecule has 0 aliphatic rings. The molecule has 1 heterocycles. The molecule has 0 radical (unpaired) electrons. The Labute approximate surface area is 115 Å². The largest absolute Gasteiger partial charge is 0.331 e. The van der Waals surface area contributed by atoms with Crippen LogP contribution in [0.15, 0.2) is 12.4 Å². The Hall–Kier alpha value is -0.920. The Kier molecular flexibility index (Phi) is 5.96. The van der Waals surface area contributed by atoms with Gasteiger partial charge in [-0.25, -0.2) is 18.1 Å². The van der Waals surface area contributed by atoms with Crippen LogP contribution in [0, 0.1) is 0 Å². The quantitative estimate of drug-likeness (QED) is 0.744. The number of nitrogens with zero attached hydrogens (tertiary/aromatic N) is 2. The summed E-state index contributed by atoms with van der Waals surface area (Å²) in [5, 5.41) is 3.27. The fourth-order valence-electron chi connectivity index (χ4n) is 1.64. The lowest BCUT2D eigenvalue weighted by Crippen LogP contribution is -2.39. The van der Waals surface area contributed by atoms with Gasteiger partial charge in [0.1, 0.15) is 5.82 Å². The number of hydrogen-bond donors (Lipinski definition) is 2. The van der Waals surface area contributed by atoms with Crippen LogP contribution in [0.1, 0.15) is 39.6 Å². The Bertz CT molecular complexity index is 482. The monoisotopic (exact) mass is 288 g/mol. The average Bonchev–Trinajstić information content (AvgIpc) is 2.82. The molecule has 0 aliphatic heterocycles. The van der Waals surface area contributed by atoms with E-state index in [-0.39, 0.29) is 11.8 Å². The second-order valence-corrected chi connectivity index (χ2v) is 6.97. The van der Waals surface area contributed by atoms with Crippen molar-refractivity contribution in [2.45, 2.75) is 46.3 Å². The van der Waals surface area contributed by atoms with Crippen molar-refractivity contribution in [3.63, 3.8) is 0 Å². The first-order chi connectivity index (χ1) is 8.85. The van der Waals surface area contributed by atoms with Crippen LogP contribution in [0.3, 0.4) is 0 Å². The zero-order valence-electron chi connectivity index (χ0n) is 12.0. The van der Waals surface area contributed by atoms with E-state index in [1.807, 2.05) is 13.1 Å². The van der Waals surface area contributed by atoms with Gasteiger partial charge in [0, 0.05) is 31.0 Å². The highest BCUT2D eigenvalue weighted by molar-refractivity contribution is 7.89. The van der Waals surface area contributed by atoms with Gasteiger partial charge in [-0.2, -0.15) is 0 Å². The van der Waals surface area contributed by atoms with E-state index < -0.39 is 10.0 Å². The molecular weight excluding hydrogens is 264 g/mol. The van der Waals surface area contributed by atoms with Crippen LogP contribution in [0.25, 0.3) is 0 Å². The molecule has 0 saturated heterocycles. The van der Waals surface area contributed by atoms with E-state index in [1.54, 1.807) is 13.1 Å². The lowest BCUT2D eigenvalue weighted by atomic mass is 10.3. The van der Waals surface area contributed by atoms with Gasteiger partial charge in [0.25, 0.3) is 0 Å². The Balaban J connectivity index is 2.42. The molecule has 0 aromatic carbocycles. The van der Waals surface area contributed by atoms with Crippen molar-refractivity contribution in [3.8, 4) is 0 Å². The molecule has 1 atom stereocenters. The van der Waals surface area contributed by atoms with Crippen LogP contribution < -0.4 is 10.0 Å². The maximum atomic E-state index is 11.3. The van der Waals surface area contributed by atoms with E-state index >= 15 is 0 Å².